The van der Waals surface area contributed by atoms with Crippen molar-refractivity contribution in [3.05, 3.63) is 62.3 Å². The van der Waals surface area contributed by atoms with Crippen molar-refractivity contribution in [1.29, 1.82) is 0 Å². The summed E-state index contributed by atoms with van der Waals surface area (Å²) in [5.41, 5.74) is 2.00. The lowest BCUT2D eigenvalue weighted by atomic mass is 9.97. The third-order valence-electron chi connectivity index (χ3n) is 5.10. The van der Waals surface area contributed by atoms with Gasteiger partial charge in [-0.3, -0.25) is 9.59 Å². The van der Waals surface area contributed by atoms with E-state index in [1.165, 1.54) is 40.8 Å². The first-order valence-electron chi connectivity index (χ1n) is 9.61. The molecule has 0 atom stereocenters. The minimum atomic E-state index is -0.289. The second kappa shape index (κ2) is 8.67. The Morgan fingerprint density at radius 2 is 2.03 bits per heavy atom. The summed E-state index contributed by atoms with van der Waals surface area (Å²) in [6.07, 6.45) is 4.30. The standard InChI is InChI=1S/C21H22FN3O2S2/c1-25(10-13-6-8-14(22)9-7-13)18(26)12-28-11-17-23-20(27)19-15-4-2-3-5-16(15)29-21(19)24-17/h6-9H,2-5,10-12H2,1H3,(H,23,24,27). The molecule has 1 aliphatic rings. The third kappa shape index (κ3) is 4.53. The second-order valence-electron chi connectivity index (χ2n) is 7.27. The van der Waals surface area contributed by atoms with Gasteiger partial charge in [-0.2, -0.15) is 0 Å². The quantitative estimate of drug-likeness (QED) is 0.643. The molecule has 29 heavy (non-hydrogen) atoms. The van der Waals surface area contributed by atoms with Crippen molar-refractivity contribution in [3.63, 3.8) is 0 Å². The van der Waals surface area contributed by atoms with Gasteiger partial charge in [0.15, 0.2) is 0 Å². The van der Waals surface area contributed by atoms with E-state index in [0.717, 1.165) is 35.0 Å². The van der Waals surface area contributed by atoms with Crippen LogP contribution in [0.2, 0.25) is 0 Å². The molecule has 5 nitrogen and oxygen atoms in total. The average Bonchev–Trinajstić information content (AvgIpc) is 3.08. The highest BCUT2D eigenvalue weighted by atomic mass is 32.2. The van der Waals surface area contributed by atoms with E-state index >= 15 is 0 Å². The molecule has 1 aromatic carbocycles. The zero-order valence-electron chi connectivity index (χ0n) is 16.2. The van der Waals surface area contributed by atoms with Crippen molar-refractivity contribution in [2.45, 2.75) is 38.0 Å². The van der Waals surface area contributed by atoms with Crippen LogP contribution >= 0.6 is 23.1 Å². The number of thiophene rings is 1. The van der Waals surface area contributed by atoms with Crippen molar-refractivity contribution >= 4 is 39.2 Å². The monoisotopic (exact) mass is 431 g/mol. The number of aryl methyl sites for hydroxylation is 2. The van der Waals surface area contributed by atoms with Crippen LogP contribution in [0.15, 0.2) is 29.1 Å². The zero-order chi connectivity index (χ0) is 20.4. The first-order chi connectivity index (χ1) is 14.0. The van der Waals surface area contributed by atoms with E-state index in [2.05, 4.69) is 9.97 Å². The summed E-state index contributed by atoms with van der Waals surface area (Å²) in [4.78, 5) is 36.2. The average molecular weight is 432 g/mol. The molecule has 0 bridgehead atoms. The number of aromatic nitrogens is 2. The first-order valence-corrected chi connectivity index (χ1v) is 11.6. The summed E-state index contributed by atoms with van der Waals surface area (Å²) in [6.45, 7) is 0.432. The van der Waals surface area contributed by atoms with Crippen LogP contribution in [0.25, 0.3) is 10.2 Å². The number of halogens is 1. The fourth-order valence-corrected chi connectivity index (χ4v) is 5.68. The Hall–Kier alpha value is -2.19. The Bertz CT molecular complexity index is 1090. The topological polar surface area (TPSA) is 66.1 Å². The molecule has 0 radical (unpaired) electrons. The highest BCUT2D eigenvalue weighted by molar-refractivity contribution is 7.99. The van der Waals surface area contributed by atoms with Gasteiger partial charge in [-0.15, -0.1) is 23.1 Å². The van der Waals surface area contributed by atoms with E-state index in [9.17, 15) is 14.0 Å². The predicted octanol–water partition coefficient (Wildman–Crippen LogP) is 3.89. The fourth-order valence-electron chi connectivity index (χ4n) is 3.57. The van der Waals surface area contributed by atoms with Crippen LogP contribution in [-0.2, 0) is 29.9 Å². The van der Waals surface area contributed by atoms with Gasteiger partial charge in [0.2, 0.25) is 5.91 Å². The molecular formula is C21H22FN3O2S2. The van der Waals surface area contributed by atoms with Crippen molar-refractivity contribution in [2.24, 2.45) is 0 Å². The van der Waals surface area contributed by atoms with E-state index in [0.29, 0.717) is 23.9 Å². The number of benzene rings is 1. The Balaban J connectivity index is 1.36. The van der Waals surface area contributed by atoms with Crippen LogP contribution < -0.4 is 5.56 Å². The maximum Gasteiger partial charge on any atom is 0.259 e. The van der Waals surface area contributed by atoms with Gasteiger partial charge in [-0.05, 0) is 48.9 Å². The minimum Gasteiger partial charge on any atom is -0.341 e. The smallest absolute Gasteiger partial charge is 0.259 e. The lowest BCUT2D eigenvalue weighted by molar-refractivity contribution is -0.127. The van der Waals surface area contributed by atoms with Crippen LogP contribution in [0.1, 0.15) is 34.7 Å². The molecule has 0 saturated carbocycles. The number of H-pyrrole nitrogens is 1. The Kier molecular flexibility index (Phi) is 6.01. The van der Waals surface area contributed by atoms with Crippen LogP contribution in [0.4, 0.5) is 4.39 Å². The number of aromatic amines is 1. The van der Waals surface area contributed by atoms with Crippen molar-refractivity contribution in [1.82, 2.24) is 14.9 Å². The van der Waals surface area contributed by atoms with Gasteiger partial charge in [0.05, 0.1) is 16.9 Å². The number of carbonyl (C=O) groups is 1. The summed E-state index contributed by atoms with van der Waals surface area (Å²) in [6, 6.07) is 6.14. The van der Waals surface area contributed by atoms with Crippen LogP contribution in [0.3, 0.4) is 0 Å². The number of amides is 1. The summed E-state index contributed by atoms with van der Waals surface area (Å²) >= 11 is 3.06. The summed E-state index contributed by atoms with van der Waals surface area (Å²) in [5.74, 6) is 1.07. The van der Waals surface area contributed by atoms with E-state index in [-0.39, 0.29) is 17.3 Å². The molecule has 0 unspecified atom stereocenters. The van der Waals surface area contributed by atoms with Gasteiger partial charge in [0.1, 0.15) is 16.5 Å². The summed E-state index contributed by atoms with van der Waals surface area (Å²) < 4.78 is 13.0. The van der Waals surface area contributed by atoms with Crippen molar-refractivity contribution < 1.29 is 9.18 Å². The number of rotatable bonds is 6. The van der Waals surface area contributed by atoms with Gasteiger partial charge in [0.25, 0.3) is 5.56 Å². The minimum absolute atomic E-state index is 0.0191. The predicted molar refractivity (Wildman–Crippen MR) is 116 cm³/mol. The molecule has 0 fully saturated rings. The molecule has 1 amide bonds. The summed E-state index contributed by atoms with van der Waals surface area (Å²) in [7, 11) is 1.73. The van der Waals surface area contributed by atoms with Gasteiger partial charge >= 0.3 is 0 Å². The molecule has 0 aliphatic heterocycles. The molecule has 0 saturated heterocycles. The lowest BCUT2D eigenvalue weighted by Gasteiger charge is -2.17. The van der Waals surface area contributed by atoms with E-state index in [1.807, 2.05) is 0 Å². The lowest BCUT2D eigenvalue weighted by Crippen LogP contribution is -2.27. The normalized spacial score (nSPS) is 13.4. The van der Waals surface area contributed by atoms with Gasteiger partial charge in [-0.1, -0.05) is 12.1 Å². The van der Waals surface area contributed by atoms with Gasteiger partial charge < -0.3 is 9.88 Å². The molecule has 152 valence electrons. The fraction of sp³-hybridized carbons (Fsp3) is 0.381. The highest BCUT2D eigenvalue weighted by Crippen LogP contribution is 2.33. The second-order valence-corrected chi connectivity index (χ2v) is 9.34. The number of thioether (sulfide) groups is 1. The molecule has 0 spiro atoms. The van der Waals surface area contributed by atoms with Gasteiger partial charge in [-0.25, -0.2) is 9.37 Å². The molecular weight excluding hydrogens is 409 g/mol. The number of hydrogen-bond acceptors (Lipinski definition) is 5. The van der Waals surface area contributed by atoms with E-state index in [1.54, 1.807) is 35.4 Å². The number of hydrogen-bond donors (Lipinski definition) is 1. The Labute approximate surface area is 176 Å². The molecule has 1 N–H and O–H groups in total. The number of nitrogens with zero attached hydrogens (tertiary/aromatic N) is 2. The SMILES string of the molecule is CN(Cc1ccc(F)cc1)C(=O)CSCc1nc2sc3c(c2c(=O)[nH]1)CCCC3. The van der Waals surface area contributed by atoms with Crippen molar-refractivity contribution in [3.8, 4) is 0 Å². The third-order valence-corrected chi connectivity index (χ3v) is 7.21. The molecule has 2 heterocycles. The Morgan fingerprint density at radius 1 is 1.28 bits per heavy atom. The van der Waals surface area contributed by atoms with E-state index in [4.69, 9.17) is 0 Å². The molecule has 2 aromatic heterocycles. The van der Waals surface area contributed by atoms with Crippen LogP contribution in [0.5, 0.6) is 0 Å². The number of nitrogens with one attached hydrogen (secondary N) is 1. The molecule has 8 heteroatoms. The van der Waals surface area contributed by atoms with Crippen LogP contribution in [0, 0.1) is 5.82 Å². The van der Waals surface area contributed by atoms with Crippen LogP contribution in [-0.4, -0.2) is 33.6 Å². The van der Waals surface area contributed by atoms with Crippen molar-refractivity contribution in [2.75, 3.05) is 12.8 Å². The Morgan fingerprint density at radius 3 is 2.83 bits per heavy atom. The van der Waals surface area contributed by atoms with E-state index < -0.39 is 0 Å². The largest absolute Gasteiger partial charge is 0.341 e. The molecule has 4 rings (SSSR count). The maximum atomic E-state index is 13.0. The van der Waals surface area contributed by atoms with Gasteiger partial charge in [0, 0.05) is 18.5 Å². The molecule has 1 aliphatic carbocycles. The maximum absolute atomic E-state index is 13.0. The molecule has 3 aromatic rings. The number of carbonyl (C=O) groups excluding carboxylic acids is 1. The number of fused-ring (bicyclic) bond motifs is 3. The highest BCUT2D eigenvalue weighted by Gasteiger charge is 2.20. The first kappa shape index (κ1) is 20.1. The zero-order valence-corrected chi connectivity index (χ0v) is 17.8. The summed E-state index contributed by atoms with van der Waals surface area (Å²) in [5, 5.41) is 0.758.